The second-order valence-corrected chi connectivity index (χ2v) is 5.92. The average Bonchev–Trinajstić information content (AvgIpc) is 2.36. The van der Waals surface area contributed by atoms with E-state index in [1.54, 1.807) is 0 Å². The van der Waals surface area contributed by atoms with E-state index in [2.05, 4.69) is 39.1 Å². The van der Waals surface area contributed by atoms with Gasteiger partial charge in [0.2, 0.25) is 0 Å². The van der Waals surface area contributed by atoms with Gasteiger partial charge < -0.3 is 16.0 Å². The van der Waals surface area contributed by atoms with Gasteiger partial charge in [0.05, 0.1) is 0 Å². The van der Waals surface area contributed by atoms with Crippen LogP contribution in [0.5, 0.6) is 0 Å². The number of halogens is 1. The summed E-state index contributed by atoms with van der Waals surface area (Å²) >= 11 is 3.58. The first-order valence-corrected chi connectivity index (χ1v) is 7.44. The van der Waals surface area contributed by atoms with Gasteiger partial charge in [-0.25, -0.2) is 0 Å². The van der Waals surface area contributed by atoms with Crippen LogP contribution in [-0.4, -0.2) is 30.6 Å². The van der Waals surface area contributed by atoms with Gasteiger partial charge in [-0.2, -0.15) is 0 Å². The number of benzene rings is 1. The summed E-state index contributed by atoms with van der Waals surface area (Å²) in [5.74, 6) is 0. The largest absolute Gasteiger partial charge is 0.398 e. The lowest BCUT2D eigenvalue weighted by molar-refractivity contribution is 0.227. The monoisotopic (exact) mass is 311 g/mol. The van der Waals surface area contributed by atoms with Crippen molar-refractivity contribution < 1.29 is 0 Å². The standard InChI is InChI=1S/C14H22BrN3/c1-3-18-6-4-5-11(9-18)17-14-7-10(2)13(16)8-12(14)15/h7-8,11,17H,3-6,9,16H2,1-2H3. The molecule has 3 nitrogen and oxygen atoms in total. The van der Waals surface area contributed by atoms with Crippen LogP contribution in [0.25, 0.3) is 0 Å². The van der Waals surface area contributed by atoms with Crippen molar-refractivity contribution in [2.45, 2.75) is 32.7 Å². The number of piperidine rings is 1. The molecule has 0 radical (unpaired) electrons. The molecule has 100 valence electrons. The third kappa shape index (κ3) is 3.18. The number of nitrogens with two attached hydrogens (primary N) is 1. The van der Waals surface area contributed by atoms with Crippen LogP contribution in [-0.2, 0) is 0 Å². The summed E-state index contributed by atoms with van der Waals surface area (Å²) in [5.41, 5.74) is 9.03. The van der Waals surface area contributed by atoms with Gasteiger partial charge in [0.25, 0.3) is 0 Å². The summed E-state index contributed by atoms with van der Waals surface area (Å²) in [6.45, 7) is 7.78. The maximum atomic E-state index is 5.90. The molecular weight excluding hydrogens is 290 g/mol. The minimum absolute atomic E-state index is 0.540. The van der Waals surface area contributed by atoms with Crippen molar-refractivity contribution in [3.63, 3.8) is 0 Å². The fraction of sp³-hybridized carbons (Fsp3) is 0.571. The molecule has 1 unspecified atom stereocenters. The number of aryl methyl sites for hydroxylation is 1. The van der Waals surface area contributed by atoms with Crippen LogP contribution >= 0.6 is 15.9 Å². The van der Waals surface area contributed by atoms with Gasteiger partial charge in [-0.15, -0.1) is 0 Å². The number of hydrogen-bond acceptors (Lipinski definition) is 3. The van der Waals surface area contributed by atoms with Gasteiger partial charge in [-0.05, 0) is 66.5 Å². The second kappa shape index (κ2) is 5.93. The van der Waals surface area contributed by atoms with E-state index < -0.39 is 0 Å². The Morgan fingerprint density at radius 2 is 2.28 bits per heavy atom. The predicted octanol–water partition coefficient (Wildman–Crippen LogP) is 3.24. The Bertz CT molecular complexity index is 420. The van der Waals surface area contributed by atoms with E-state index in [1.165, 1.54) is 19.4 Å². The molecule has 2 rings (SSSR count). The van der Waals surface area contributed by atoms with Crippen LogP contribution in [0, 0.1) is 6.92 Å². The quantitative estimate of drug-likeness (QED) is 0.842. The number of nitrogen functional groups attached to an aromatic ring is 1. The molecule has 1 saturated heterocycles. The molecule has 0 saturated carbocycles. The molecule has 0 aliphatic carbocycles. The smallest absolute Gasteiger partial charge is 0.0491 e. The van der Waals surface area contributed by atoms with Crippen molar-refractivity contribution in [1.29, 1.82) is 0 Å². The van der Waals surface area contributed by atoms with Gasteiger partial charge in [0.1, 0.15) is 0 Å². The lowest BCUT2D eigenvalue weighted by atomic mass is 10.0. The maximum Gasteiger partial charge on any atom is 0.0491 e. The zero-order valence-electron chi connectivity index (χ0n) is 11.2. The van der Waals surface area contributed by atoms with Gasteiger partial charge in [0.15, 0.2) is 0 Å². The van der Waals surface area contributed by atoms with Gasteiger partial charge in [-0.3, -0.25) is 0 Å². The first kappa shape index (κ1) is 13.7. The normalized spacial score (nSPS) is 20.9. The third-order valence-corrected chi connectivity index (χ3v) is 4.32. The molecule has 0 amide bonds. The number of likely N-dealkylation sites (N-methyl/N-ethyl adjacent to an activating group) is 1. The molecule has 1 aliphatic rings. The number of hydrogen-bond donors (Lipinski definition) is 2. The highest BCUT2D eigenvalue weighted by Gasteiger charge is 2.19. The number of nitrogens with one attached hydrogen (secondary N) is 1. The van der Waals surface area contributed by atoms with Crippen molar-refractivity contribution in [3.05, 3.63) is 22.2 Å². The highest BCUT2D eigenvalue weighted by Crippen LogP contribution is 2.29. The number of anilines is 2. The molecule has 4 heteroatoms. The average molecular weight is 312 g/mol. The van der Waals surface area contributed by atoms with Crippen molar-refractivity contribution in [3.8, 4) is 0 Å². The van der Waals surface area contributed by atoms with Gasteiger partial charge in [-0.1, -0.05) is 6.92 Å². The van der Waals surface area contributed by atoms with E-state index in [0.29, 0.717) is 6.04 Å². The predicted molar refractivity (Wildman–Crippen MR) is 82.1 cm³/mol. The molecule has 1 aromatic rings. The van der Waals surface area contributed by atoms with Crippen LogP contribution in [0.15, 0.2) is 16.6 Å². The first-order chi connectivity index (χ1) is 8.60. The van der Waals surface area contributed by atoms with Crippen LogP contribution in [0.3, 0.4) is 0 Å². The minimum atomic E-state index is 0.540. The summed E-state index contributed by atoms with van der Waals surface area (Å²) in [4.78, 5) is 2.50. The summed E-state index contributed by atoms with van der Waals surface area (Å²) in [6, 6.07) is 4.65. The zero-order valence-corrected chi connectivity index (χ0v) is 12.8. The Balaban J connectivity index is 2.07. The van der Waals surface area contributed by atoms with Crippen molar-refractivity contribution in [1.82, 2.24) is 4.90 Å². The van der Waals surface area contributed by atoms with E-state index in [0.717, 1.165) is 34.5 Å². The minimum Gasteiger partial charge on any atom is -0.398 e. The van der Waals surface area contributed by atoms with Crippen LogP contribution in [0.4, 0.5) is 11.4 Å². The molecule has 1 aliphatic heterocycles. The highest BCUT2D eigenvalue weighted by molar-refractivity contribution is 9.10. The van der Waals surface area contributed by atoms with Gasteiger partial charge >= 0.3 is 0 Å². The van der Waals surface area contributed by atoms with Crippen LogP contribution < -0.4 is 11.1 Å². The molecule has 3 N–H and O–H groups in total. The van der Waals surface area contributed by atoms with E-state index >= 15 is 0 Å². The number of nitrogens with zero attached hydrogens (tertiary/aromatic N) is 1. The third-order valence-electron chi connectivity index (χ3n) is 3.67. The fourth-order valence-electron chi connectivity index (χ4n) is 2.49. The van der Waals surface area contributed by atoms with Crippen LogP contribution in [0.2, 0.25) is 0 Å². The van der Waals surface area contributed by atoms with E-state index in [-0.39, 0.29) is 0 Å². The summed E-state index contributed by atoms with van der Waals surface area (Å²) in [6.07, 6.45) is 2.52. The Hall–Kier alpha value is -0.740. The second-order valence-electron chi connectivity index (χ2n) is 5.07. The van der Waals surface area contributed by atoms with Crippen molar-refractivity contribution >= 4 is 27.3 Å². The van der Waals surface area contributed by atoms with E-state index in [1.807, 2.05) is 13.0 Å². The Morgan fingerprint density at radius 3 is 3.00 bits per heavy atom. The topological polar surface area (TPSA) is 41.3 Å². The molecular formula is C14H22BrN3. The van der Waals surface area contributed by atoms with Gasteiger partial charge in [0, 0.05) is 28.4 Å². The van der Waals surface area contributed by atoms with Crippen molar-refractivity contribution in [2.75, 3.05) is 30.7 Å². The van der Waals surface area contributed by atoms with E-state index in [4.69, 9.17) is 5.73 Å². The molecule has 0 spiro atoms. The Kier molecular flexibility index (Phi) is 4.51. The molecule has 18 heavy (non-hydrogen) atoms. The Morgan fingerprint density at radius 1 is 1.50 bits per heavy atom. The molecule has 1 atom stereocenters. The van der Waals surface area contributed by atoms with Crippen LogP contribution in [0.1, 0.15) is 25.3 Å². The summed E-state index contributed by atoms with van der Waals surface area (Å²) < 4.78 is 1.05. The fourth-order valence-corrected chi connectivity index (χ4v) is 2.96. The SMILES string of the molecule is CCN1CCCC(Nc2cc(C)c(N)cc2Br)C1. The molecule has 1 fully saturated rings. The Labute approximate surface area is 118 Å². The zero-order chi connectivity index (χ0) is 13.1. The number of rotatable bonds is 3. The highest BCUT2D eigenvalue weighted by atomic mass is 79.9. The van der Waals surface area contributed by atoms with E-state index in [9.17, 15) is 0 Å². The maximum absolute atomic E-state index is 5.90. The molecule has 0 aromatic heterocycles. The number of likely N-dealkylation sites (tertiary alicyclic amines) is 1. The van der Waals surface area contributed by atoms with Crippen molar-refractivity contribution in [2.24, 2.45) is 0 Å². The molecule has 1 heterocycles. The molecule has 0 bridgehead atoms. The molecule has 1 aromatic carbocycles. The lowest BCUT2D eigenvalue weighted by Gasteiger charge is -2.33. The summed E-state index contributed by atoms with van der Waals surface area (Å²) in [5, 5.41) is 3.64. The summed E-state index contributed by atoms with van der Waals surface area (Å²) in [7, 11) is 0. The lowest BCUT2D eigenvalue weighted by Crippen LogP contribution is -2.41. The first-order valence-electron chi connectivity index (χ1n) is 6.64.